The molecule has 2 atom stereocenters. The second-order valence-electron chi connectivity index (χ2n) is 3.02. The van der Waals surface area contributed by atoms with Crippen molar-refractivity contribution in [1.82, 2.24) is 0 Å². The number of hydrogen-bond acceptors (Lipinski definition) is 0. The lowest BCUT2D eigenvalue weighted by Crippen LogP contribution is -2.13. The molecule has 0 saturated heterocycles. The number of rotatable bonds is 2. The van der Waals surface area contributed by atoms with Gasteiger partial charge in [-0.1, -0.05) is 37.6 Å². The van der Waals surface area contributed by atoms with Crippen molar-refractivity contribution in [3.63, 3.8) is 0 Å². The maximum absolute atomic E-state index is 6.07. The van der Waals surface area contributed by atoms with Gasteiger partial charge in [0, 0.05) is 11.0 Å². The maximum Gasteiger partial charge on any atom is 0.0217 e. The Morgan fingerprint density at radius 2 is 2.09 bits per heavy atom. The predicted molar refractivity (Wildman–Crippen MR) is 50.6 cm³/mol. The molecule has 1 rings (SSSR count). The van der Waals surface area contributed by atoms with Gasteiger partial charge in [0.25, 0.3) is 0 Å². The van der Waals surface area contributed by atoms with Crippen LogP contribution in [-0.4, -0.2) is 0 Å². The van der Waals surface area contributed by atoms with Crippen LogP contribution in [0.25, 0.3) is 0 Å². The fourth-order valence-corrected chi connectivity index (χ4v) is 2.06. The standard InChI is InChI=1S/C10H15Cl/c1-3-8-6-5-7-10(11)9(8)4-2/h5-9H,3-4H2,1-2H3. The topological polar surface area (TPSA) is 0 Å². The number of allylic oxidation sites excluding steroid dienone is 4. The summed E-state index contributed by atoms with van der Waals surface area (Å²) in [5, 5.41) is 1.03. The fourth-order valence-electron chi connectivity index (χ4n) is 1.67. The first-order chi connectivity index (χ1) is 5.29. The molecule has 0 aromatic heterocycles. The molecule has 0 nitrogen and oxygen atoms in total. The SMILES string of the molecule is CCC1C=CC=C(Cl)C1CC. The van der Waals surface area contributed by atoms with Crippen LogP contribution in [-0.2, 0) is 0 Å². The molecule has 0 heterocycles. The van der Waals surface area contributed by atoms with Crippen molar-refractivity contribution in [2.75, 3.05) is 0 Å². The van der Waals surface area contributed by atoms with Gasteiger partial charge in [0.05, 0.1) is 0 Å². The van der Waals surface area contributed by atoms with Crippen molar-refractivity contribution in [2.45, 2.75) is 26.7 Å². The molecular weight excluding hydrogens is 156 g/mol. The molecule has 1 aliphatic carbocycles. The van der Waals surface area contributed by atoms with E-state index in [1.54, 1.807) is 0 Å². The van der Waals surface area contributed by atoms with Crippen LogP contribution in [0, 0.1) is 11.8 Å². The van der Waals surface area contributed by atoms with Gasteiger partial charge in [0.1, 0.15) is 0 Å². The third-order valence-corrected chi connectivity index (χ3v) is 2.80. The van der Waals surface area contributed by atoms with E-state index < -0.39 is 0 Å². The van der Waals surface area contributed by atoms with Gasteiger partial charge in [-0.3, -0.25) is 0 Å². The van der Waals surface area contributed by atoms with Crippen molar-refractivity contribution in [1.29, 1.82) is 0 Å². The summed E-state index contributed by atoms with van der Waals surface area (Å²) in [4.78, 5) is 0. The van der Waals surface area contributed by atoms with Crippen LogP contribution in [0.1, 0.15) is 26.7 Å². The van der Waals surface area contributed by atoms with Gasteiger partial charge in [0.15, 0.2) is 0 Å². The zero-order valence-electron chi connectivity index (χ0n) is 7.18. The predicted octanol–water partition coefficient (Wildman–Crippen LogP) is 3.73. The Kier molecular flexibility index (Phi) is 3.19. The minimum atomic E-state index is 0.576. The molecule has 1 aliphatic rings. The van der Waals surface area contributed by atoms with E-state index in [1.165, 1.54) is 6.42 Å². The van der Waals surface area contributed by atoms with E-state index in [4.69, 9.17) is 11.6 Å². The summed E-state index contributed by atoms with van der Waals surface area (Å²) in [6, 6.07) is 0. The van der Waals surface area contributed by atoms with E-state index in [-0.39, 0.29) is 0 Å². The fraction of sp³-hybridized carbons (Fsp3) is 0.600. The lowest BCUT2D eigenvalue weighted by molar-refractivity contribution is 0.437. The van der Waals surface area contributed by atoms with Gasteiger partial charge in [-0.15, -0.1) is 0 Å². The molecule has 0 N–H and O–H groups in total. The summed E-state index contributed by atoms with van der Waals surface area (Å²) in [7, 11) is 0. The van der Waals surface area contributed by atoms with E-state index in [1.807, 2.05) is 6.08 Å². The van der Waals surface area contributed by atoms with Crippen LogP contribution in [0.5, 0.6) is 0 Å². The molecule has 0 fully saturated rings. The van der Waals surface area contributed by atoms with Crippen LogP contribution in [0.15, 0.2) is 23.3 Å². The number of halogens is 1. The quantitative estimate of drug-likeness (QED) is 0.593. The Balaban J connectivity index is 2.70. The van der Waals surface area contributed by atoms with Crippen LogP contribution in [0.4, 0.5) is 0 Å². The van der Waals surface area contributed by atoms with Crippen LogP contribution < -0.4 is 0 Å². The first kappa shape index (κ1) is 8.86. The highest BCUT2D eigenvalue weighted by Gasteiger charge is 2.20. The van der Waals surface area contributed by atoms with E-state index in [0.29, 0.717) is 11.8 Å². The highest BCUT2D eigenvalue weighted by molar-refractivity contribution is 6.30. The highest BCUT2D eigenvalue weighted by Crippen LogP contribution is 2.33. The highest BCUT2D eigenvalue weighted by atomic mass is 35.5. The molecule has 62 valence electrons. The van der Waals surface area contributed by atoms with Gasteiger partial charge >= 0.3 is 0 Å². The molecule has 11 heavy (non-hydrogen) atoms. The van der Waals surface area contributed by atoms with Crippen molar-refractivity contribution >= 4 is 11.6 Å². The Hall–Kier alpha value is -0.230. The van der Waals surface area contributed by atoms with Crippen molar-refractivity contribution in [3.05, 3.63) is 23.3 Å². The van der Waals surface area contributed by atoms with Crippen LogP contribution in [0.2, 0.25) is 0 Å². The summed E-state index contributed by atoms with van der Waals surface area (Å²) < 4.78 is 0. The Morgan fingerprint density at radius 3 is 2.55 bits per heavy atom. The molecule has 0 aromatic rings. The molecule has 0 spiro atoms. The first-order valence-electron chi connectivity index (χ1n) is 4.33. The van der Waals surface area contributed by atoms with Gasteiger partial charge < -0.3 is 0 Å². The summed E-state index contributed by atoms with van der Waals surface area (Å²) in [6.45, 7) is 4.41. The molecule has 0 amide bonds. The molecule has 1 heteroatoms. The molecule has 0 saturated carbocycles. The minimum absolute atomic E-state index is 0.576. The molecule has 0 aromatic carbocycles. The monoisotopic (exact) mass is 170 g/mol. The Morgan fingerprint density at radius 1 is 1.36 bits per heavy atom. The normalized spacial score (nSPS) is 30.3. The Bertz CT molecular complexity index is 179. The molecule has 0 radical (unpaired) electrons. The van der Waals surface area contributed by atoms with Gasteiger partial charge in [-0.25, -0.2) is 0 Å². The summed E-state index contributed by atoms with van der Waals surface area (Å²) in [5.74, 6) is 1.24. The zero-order valence-corrected chi connectivity index (χ0v) is 7.93. The zero-order chi connectivity index (χ0) is 8.27. The average Bonchev–Trinajstić information content (AvgIpc) is 2.04. The maximum atomic E-state index is 6.07. The van der Waals surface area contributed by atoms with Gasteiger partial charge in [-0.05, 0) is 24.8 Å². The smallest absolute Gasteiger partial charge is 0.0217 e. The summed E-state index contributed by atoms with van der Waals surface area (Å²) >= 11 is 6.07. The van der Waals surface area contributed by atoms with Crippen LogP contribution in [0.3, 0.4) is 0 Å². The first-order valence-corrected chi connectivity index (χ1v) is 4.71. The molecule has 0 bridgehead atoms. The average molecular weight is 171 g/mol. The van der Waals surface area contributed by atoms with Crippen molar-refractivity contribution in [3.8, 4) is 0 Å². The molecule has 0 aliphatic heterocycles. The summed E-state index contributed by atoms with van der Waals surface area (Å²) in [5.41, 5.74) is 0. The van der Waals surface area contributed by atoms with Crippen LogP contribution >= 0.6 is 11.6 Å². The number of hydrogen-bond donors (Lipinski definition) is 0. The summed E-state index contributed by atoms with van der Waals surface area (Å²) in [6.07, 6.45) is 8.70. The van der Waals surface area contributed by atoms with Gasteiger partial charge in [0.2, 0.25) is 0 Å². The van der Waals surface area contributed by atoms with Crippen molar-refractivity contribution in [2.24, 2.45) is 11.8 Å². The largest absolute Gasteiger partial charge is 0.0888 e. The molecular formula is C10H15Cl. The van der Waals surface area contributed by atoms with E-state index in [0.717, 1.165) is 11.5 Å². The van der Waals surface area contributed by atoms with E-state index in [2.05, 4.69) is 26.0 Å². The Labute approximate surface area is 73.9 Å². The van der Waals surface area contributed by atoms with E-state index in [9.17, 15) is 0 Å². The molecule has 2 unspecified atom stereocenters. The lowest BCUT2D eigenvalue weighted by Gasteiger charge is -2.24. The third kappa shape index (κ3) is 1.87. The van der Waals surface area contributed by atoms with Gasteiger partial charge in [-0.2, -0.15) is 0 Å². The second-order valence-corrected chi connectivity index (χ2v) is 3.46. The minimum Gasteiger partial charge on any atom is -0.0888 e. The lowest BCUT2D eigenvalue weighted by atomic mass is 9.84. The second kappa shape index (κ2) is 3.96. The van der Waals surface area contributed by atoms with Crippen molar-refractivity contribution < 1.29 is 0 Å². The van der Waals surface area contributed by atoms with E-state index >= 15 is 0 Å². The third-order valence-electron chi connectivity index (χ3n) is 2.40.